The van der Waals surface area contributed by atoms with Crippen LogP contribution in [0.2, 0.25) is 0 Å². The summed E-state index contributed by atoms with van der Waals surface area (Å²) in [4.78, 5) is 7.52. The summed E-state index contributed by atoms with van der Waals surface area (Å²) in [5.74, 6) is 0. The van der Waals surface area contributed by atoms with E-state index < -0.39 is 15.1 Å². The first kappa shape index (κ1) is 5.18. The van der Waals surface area contributed by atoms with Crippen LogP contribution >= 0.6 is 7.56 Å². The molecule has 0 fully saturated rings. The predicted molar refractivity (Wildman–Crippen MR) is 20.9 cm³/mol. The molecule has 1 atom stereocenters. The Morgan fingerprint density at radius 3 is 2.00 bits per heavy atom. The van der Waals surface area contributed by atoms with Crippen molar-refractivity contribution in [1.29, 1.82) is 0 Å². The third-order valence-corrected chi connectivity index (χ3v) is 0. The van der Waals surface area contributed by atoms with Crippen LogP contribution in [0.25, 0.3) is 0 Å². The van der Waals surface area contributed by atoms with Gasteiger partial charge < -0.3 is 9.46 Å². The van der Waals surface area contributed by atoms with E-state index in [1.807, 2.05) is 0 Å². The first-order valence-corrected chi connectivity index (χ1v) is 1.65. The molecule has 0 spiro atoms. The maximum atomic E-state index is 10.9. The van der Waals surface area contributed by atoms with E-state index in [4.69, 9.17) is 4.89 Å². The van der Waals surface area contributed by atoms with Crippen LogP contribution in [0, 0.1) is 0 Å². The van der Waals surface area contributed by atoms with Gasteiger partial charge >= 0.3 is 0 Å². The molecule has 5 heteroatoms. The highest BCUT2D eigenvalue weighted by Crippen LogP contribution is 2.34. The standard InChI is InChI=1S/BFH4O2P/c1-5(2,3)4/h1H3,(H,3,4)/q-1. The summed E-state index contributed by atoms with van der Waals surface area (Å²) in [6.07, 6.45) is 0. The highest BCUT2D eigenvalue weighted by Gasteiger charge is 1.90. The Kier molecular flexibility index (Phi) is 1.15. The van der Waals surface area contributed by atoms with Gasteiger partial charge in [0, 0.05) is 0 Å². The Hall–Kier alpha value is 0.185. The van der Waals surface area contributed by atoms with Gasteiger partial charge in [0.1, 0.15) is 0 Å². The molecule has 1 N–H and O–H groups in total. The van der Waals surface area contributed by atoms with Crippen molar-refractivity contribution in [2.24, 2.45) is 0 Å². The summed E-state index contributed by atoms with van der Waals surface area (Å²) < 4.78 is 20.1. The zero-order valence-electron chi connectivity index (χ0n) is 1.68. The van der Waals surface area contributed by atoms with Crippen molar-refractivity contribution in [1.82, 2.24) is 0 Å². The summed E-state index contributed by atoms with van der Waals surface area (Å²) in [5.41, 5.74) is 0. The molecule has 0 rings (SSSR count). The van der Waals surface area contributed by atoms with Gasteiger partial charge in [0.25, 0.3) is 0 Å². The van der Waals surface area contributed by atoms with Gasteiger partial charge in [0.15, 0.2) is 7.56 Å². The summed E-state index contributed by atoms with van der Waals surface area (Å²) in [7, 11) is -4.84. The lowest BCUT2D eigenvalue weighted by molar-refractivity contribution is 0.450. The minimum atomic E-state index is -3.89. The smallest absolute Gasteiger partial charge is 0.189 e. The second-order valence-corrected chi connectivity index (χ2v) is 0.679. The van der Waals surface area contributed by atoms with E-state index in [0.717, 1.165) is 0 Å². The molecule has 0 saturated carbocycles. The number of hydrogen-bond donors (Lipinski definition) is 1. The summed E-state index contributed by atoms with van der Waals surface area (Å²) in [6.45, 7) is 0. The van der Waals surface area contributed by atoms with Crippen molar-refractivity contribution in [3.05, 3.63) is 0 Å². The minimum absolute atomic E-state index is 0.951. The average Bonchev–Trinajstić information content (AvgIpc) is 0.722. The van der Waals surface area contributed by atoms with E-state index in [0.29, 0.717) is 0 Å². The number of hydrogen-bond acceptors (Lipinski definition) is 1. The Balaban J connectivity index is 3.47. The molecule has 0 saturated heterocycles. The first-order valence-electron chi connectivity index (χ1n) is 0.552. The van der Waals surface area contributed by atoms with Crippen molar-refractivity contribution >= 4 is 15.1 Å². The van der Waals surface area contributed by atoms with Crippen LogP contribution in [0.3, 0.4) is 0 Å². The van der Waals surface area contributed by atoms with Gasteiger partial charge in [-0.15, -0.1) is 0 Å². The molecule has 0 aromatic carbocycles. The van der Waals surface area contributed by atoms with Crippen molar-refractivity contribution < 1.29 is 13.7 Å². The molecule has 0 heterocycles. The molecule has 0 aromatic rings. The van der Waals surface area contributed by atoms with Gasteiger partial charge in [-0.1, -0.05) is 0 Å². The molecule has 0 aliphatic rings. The molecule has 32 valence electrons. The fourth-order valence-electron chi connectivity index (χ4n) is 0. The zero-order chi connectivity index (χ0) is 4.50. The molecule has 0 radical (unpaired) electrons. The zero-order valence-corrected chi connectivity index (χ0v) is 2.58. The van der Waals surface area contributed by atoms with Gasteiger partial charge in [-0.05, 0) is 0 Å². The normalized spacial score (nSPS) is 21.4. The van der Waals surface area contributed by atoms with E-state index in [9.17, 15) is 8.76 Å². The van der Waals surface area contributed by atoms with E-state index in [-0.39, 0.29) is 0 Å². The van der Waals surface area contributed by atoms with Gasteiger partial charge in [-0.2, -0.15) is 0 Å². The Morgan fingerprint density at radius 2 is 2.00 bits per heavy atom. The van der Waals surface area contributed by atoms with Crippen LogP contribution in [0.1, 0.15) is 0 Å². The first-order chi connectivity index (χ1) is 2.00. The molecular formula is H4BFO2P-. The van der Waals surface area contributed by atoms with Crippen molar-refractivity contribution in [3.8, 4) is 0 Å². The van der Waals surface area contributed by atoms with Crippen molar-refractivity contribution in [2.75, 3.05) is 0 Å². The van der Waals surface area contributed by atoms with Crippen LogP contribution in [0.15, 0.2) is 0 Å². The molecule has 1 unspecified atom stereocenters. The molecule has 0 amide bonds. The Morgan fingerprint density at radius 1 is 2.00 bits per heavy atom. The SMILES string of the molecule is [BH3-]P(=O)(O)F. The highest BCUT2D eigenvalue weighted by atomic mass is 31.2. The Bertz CT molecular complexity index is 55.8. The van der Waals surface area contributed by atoms with Gasteiger partial charge in [-0.25, -0.2) is 4.20 Å². The quantitative estimate of drug-likeness (QED) is 0.324. The molecule has 2 nitrogen and oxygen atoms in total. The average molecular weight is 96.8 g/mol. The second kappa shape index (κ2) is 1.11. The molecule has 0 bridgehead atoms. The third-order valence-electron chi connectivity index (χ3n) is 0. The van der Waals surface area contributed by atoms with E-state index in [2.05, 4.69) is 0 Å². The lowest BCUT2D eigenvalue weighted by Gasteiger charge is -1.88. The molecular weight excluding hydrogens is 92.8 g/mol. The van der Waals surface area contributed by atoms with Crippen LogP contribution in [-0.2, 0) is 4.57 Å². The summed E-state index contributed by atoms with van der Waals surface area (Å²) in [5, 5.41) is 0. The highest BCUT2D eigenvalue weighted by molar-refractivity contribution is 7.78. The van der Waals surface area contributed by atoms with Gasteiger partial charge in [0.2, 0.25) is 0 Å². The molecule has 0 aliphatic carbocycles. The summed E-state index contributed by atoms with van der Waals surface area (Å²) in [6, 6.07) is 0. The van der Waals surface area contributed by atoms with E-state index in [1.54, 1.807) is 0 Å². The molecule has 0 aliphatic heterocycles. The minimum Gasteiger partial charge on any atom is -0.350 e. The lowest BCUT2D eigenvalue weighted by Crippen LogP contribution is -1.58. The third kappa shape index (κ3) is 584. The van der Waals surface area contributed by atoms with Crippen LogP contribution < -0.4 is 0 Å². The maximum absolute atomic E-state index is 10.9. The van der Waals surface area contributed by atoms with Crippen molar-refractivity contribution in [3.63, 3.8) is 0 Å². The fraction of sp³-hybridized carbons (Fsp3) is 0. The fourth-order valence-corrected chi connectivity index (χ4v) is 0. The second-order valence-electron chi connectivity index (χ2n) is 0.226. The van der Waals surface area contributed by atoms with Crippen LogP contribution in [0.5, 0.6) is 0 Å². The van der Waals surface area contributed by atoms with E-state index >= 15 is 0 Å². The van der Waals surface area contributed by atoms with Crippen LogP contribution in [0.4, 0.5) is 4.20 Å². The van der Waals surface area contributed by atoms with Gasteiger partial charge in [-0.3, -0.25) is 0 Å². The van der Waals surface area contributed by atoms with Crippen LogP contribution in [-0.4, -0.2) is 12.5 Å². The van der Waals surface area contributed by atoms with E-state index in [1.165, 1.54) is 0 Å². The topological polar surface area (TPSA) is 37.3 Å². The summed E-state index contributed by atoms with van der Waals surface area (Å²) >= 11 is 0. The van der Waals surface area contributed by atoms with Crippen molar-refractivity contribution in [2.45, 2.75) is 0 Å². The molecule has 0 aromatic heterocycles. The largest absolute Gasteiger partial charge is 0.350 e. The predicted octanol–water partition coefficient (Wildman–Crippen LogP) is -0.578. The monoisotopic (exact) mass is 97.0 g/mol. The van der Waals surface area contributed by atoms with Gasteiger partial charge in [0.05, 0.1) is 7.57 Å². The number of halogens is 1. The molecule has 5 heavy (non-hydrogen) atoms. The Labute approximate surface area is 29.9 Å². The maximum Gasteiger partial charge on any atom is 0.189 e. The number of rotatable bonds is 0. The lowest BCUT2D eigenvalue weighted by atomic mass is 10.8.